The molecular formula is C62H30N2. The first kappa shape index (κ1) is 32.3. The van der Waals surface area contributed by atoms with Crippen molar-refractivity contribution in [3.05, 3.63) is 182 Å². The summed E-state index contributed by atoms with van der Waals surface area (Å²) in [6.45, 7) is 0. The first-order valence-electron chi connectivity index (χ1n) is 22.3. The molecule has 0 amide bonds. The SMILES string of the molecule is c1ccc(-c2c3c4cccc5cccc(c3c(-c3ccccn3)c3c6ccc7c8ccc9c%10c(ccc(c%11ccc(c23)c6c%117)c8%10)c2cc3cccc6c7ccccc7c(c36)c29)c54)nc1. The van der Waals surface area contributed by atoms with Gasteiger partial charge in [0.15, 0.2) is 0 Å². The molecule has 2 heterocycles. The summed E-state index contributed by atoms with van der Waals surface area (Å²) >= 11 is 0. The van der Waals surface area contributed by atoms with Crippen molar-refractivity contribution in [2.75, 3.05) is 0 Å². The summed E-state index contributed by atoms with van der Waals surface area (Å²) < 4.78 is 0. The molecule has 0 saturated heterocycles. The zero-order chi connectivity index (χ0) is 41.1. The van der Waals surface area contributed by atoms with Crippen molar-refractivity contribution in [2.45, 2.75) is 0 Å². The minimum absolute atomic E-state index is 0.989. The third-order valence-electron chi connectivity index (χ3n) is 15.4. The van der Waals surface area contributed by atoms with Crippen molar-refractivity contribution in [3.63, 3.8) is 0 Å². The maximum Gasteiger partial charge on any atom is 0.0714 e. The van der Waals surface area contributed by atoms with Gasteiger partial charge in [0.05, 0.1) is 11.4 Å². The number of hydrogen-bond acceptors (Lipinski definition) is 2. The van der Waals surface area contributed by atoms with Gasteiger partial charge in [0.25, 0.3) is 0 Å². The number of aromatic nitrogens is 2. The Kier molecular flexibility index (Phi) is 5.52. The van der Waals surface area contributed by atoms with E-state index in [-0.39, 0.29) is 0 Å². The molecule has 0 aliphatic rings. The van der Waals surface area contributed by atoms with E-state index in [0.717, 1.165) is 11.4 Å². The molecule has 0 N–H and O–H groups in total. The highest BCUT2D eigenvalue weighted by atomic mass is 14.7. The van der Waals surface area contributed by atoms with Crippen LogP contribution in [0.25, 0.3) is 173 Å². The molecule has 15 aromatic carbocycles. The molecule has 17 aromatic rings. The number of nitrogens with zero attached hydrogens (tertiary/aromatic N) is 2. The number of rotatable bonds is 2. The van der Waals surface area contributed by atoms with Crippen LogP contribution in [0.3, 0.4) is 0 Å². The lowest BCUT2D eigenvalue weighted by atomic mass is 9.87. The third-order valence-corrected chi connectivity index (χ3v) is 15.4. The van der Waals surface area contributed by atoms with Crippen LogP contribution in [0.5, 0.6) is 0 Å². The van der Waals surface area contributed by atoms with Gasteiger partial charge < -0.3 is 0 Å². The van der Waals surface area contributed by atoms with Gasteiger partial charge in [0, 0.05) is 45.1 Å². The standard InChI is InChI=1S/C62H30N2/c1-2-14-35-33(13-1)34-15-9-12-32-30-46-40-21-20-36-38-23-26-44-54-45(27-24-39(52(38)54)37-22-25-43(53(40)51(36)37)55(46)56(35)50(32)34)60-59(44)61(47-18-3-5-28-63-47)57-41-16-7-10-31-11-8-17-42(49(31)41)58(57)62(60)48-19-4-6-29-64-48/h1-30H. The van der Waals surface area contributed by atoms with Crippen LogP contribution in [0.4, 0.5) is 0 Å². The molecule has 0 bridgehead atoms. The molecule has 0 saturated carbocycles. The Hall–Kier alpha value is -8.46. The fourth-order valence-electron chi connectivity index (χ4n) is 13.2. The Morgan fingerprint density at radius 3 is 1.11 bits per heavy atom. The molecule has 0 spiro atoms. The van der Waals surface area contributed by atoms with Crippen LogP contribution in [0, 0.1) is 0 Å². The molecule has 0 radical (unpaired) electrons. The summed E-state index contributed by atoms with van der Waals surface area (Å²) in [6, 6.07) is 64.0. The van der Waals surface area contributed by atoms with E-state index in [9.17, 15) is 0 Å². The van der Waals surface area contributed by atoms with Crippen LogP contribution in [0.2, 0.25) is 0 Å². The predicted octanol–water partition coefficient (Wildman–Crippen LogP) is 17.1. The van der Waals surface area contributed by atoms with Gasteiger partial charge in [0.2, 0.25) is 0 Å². The summed E-state index contributed by atoms with van der Waals surface area (Å²) in [7, 11) is 0. The van der Waals surface area contributed by atoms with E-state index in [0.29, 0.717) is 0 Å². The Labute approximate surface area is 363 Å². The third kappa shape index (κ3) is 3.53. The normalized spacial score (nSPS) is 13.0. The lowest BCUT2D eigenvalue weighted by Crippen LogP contribution is -1.90. The minimum atomic E-state index is 0.989. The molecular weight excluding hydrogens is 773 g/mol. The molecule has 0 atom stereocenters. The van der Waals surface area contributed by atoms with Gasteiger partial charge in [-0.3, -0.25) is 9.97 Å². The van der Waals surface area contributed by atoms with E-state index in [1.807, 2.05) is 24.5 Å². The average Bonchev–Trinajstić information content (AvgIpc) is 4.08. The number of fused-ring (bicyclic) bond motifs is 15. The summed E-state index contributed by atoms with van der Waals surface area (Å²) in [6.07, 6.45) is 3.89. The quantitative estimate of drug-likeness (QED) is 0.129. The van der Waals surface area contributed by atoms with Gasteiger partial charge in [-0.15, -0.1) is 0 Å². The first-order chi connectivity index (χ1) is 31.8. The molecule has 64 heavy (non-hydrogen) atoms. The Morgan fingerprint density at radius 1 is 0.203 bits per heavy atom. The van der Waals surface area contributed by atoms with Crippen LogP contribution >= 0.6 is 0 Å². The monoisotopic (exact) mass is 802 g/mol. The zero-order valence-electron chi connectivity index (χ0n) is 34.2. The Morgan fingerprint density at radius 2 is 0.562 bits per heavy atom. The average molecular weight is 803 g/mol. The zero-order valence-corrected chi connectivity index (χ0v) is 34.2. The van der Waals surface area contributed by atoms with Crippen molar-refractivity contribution < 1.29 is 0 Å². The van der Waals surface area contributed by atoms with Crippen LogP contribution in [0.15, 0.2) is 182 Å². The smallest absolute Gasteiger partial charge is 0.0714 e. The fraction of sp³-hybridized carbons (Fsp3) is 0. The largest absolute Gasteiger partial charge is 0.256 e. The number of hydrogen-bond donors (Lipinski definition) is 0. The lowest BCUT2D eigenvalue weighted by Gasteiger charge is -2.15. The van der Waals surface area contributed by atoms with Gasteiger partial charge in [-0.2, -0.15) is 0 Å². The lowest BCUT2D eigenvalue weighted by molar-refractivity contribution is 1.33. The van der Waals surface area contributed by atoms with Crippen LogP contribution < -0.4 is 0 Å². The van der Waals surface area contributed by atoms with Crippen LogP contribution in [-0.4, -0.2) is 9.97 Å². The molecule has 2 aromatic heterocycles. The predicted molar refractivity (Wildman–Crippen MR) is 274 cm³/mol. The maximum absolute atomic E-state index is 5.15. The van der Waals surface area contributed by atoms with Crippen LogP contribution in [0.1, 0.15) is 0 Å². The summed E-state index contributed by atoms with van der Waals surface area (Å²) in [5.74, 6) is 0. The van der Waals surface area contributed by atoms with Crippen molar-refractivity contribution >= 4 is 151 Å². The summed E-state index contributed by atoms with van der Waals surface area (Å²) in [5, 5.41) is 36.8. The van der Waals surface area contributed by atoms with E-state index >= 15 is 0 Å². The van der Waals surface area contributed by atoms with E-state index in [1.165, 1.54) is 162 Å². The molecule has 2 nitrogen and oxygen atoms in total. The van der Waals surface area contributed by atoms with Crippen LogP contribution in [-0.2, 0) is 0 Å². The van der Waals surface area contributed by atoms with Crippen molar-refractivity contribution in [3.8, 4) is 22.5 Å². The molecule has 17 rings (SSSR count). The van der Waals surface area contributed by atoms with E-state index < -0.39 is 0 Å². The van der Waals surface area contributed by atoms with Gasteiger partial charge in [0.1, 0.15) is 0 Å². The van der Waals surface area contributed by atoms with Crippen molar-refractivity contribution in [1.82, 2.24) is 9.97 Å². The van der Waals surface area contributed by atoms with Gasteiger partial charge in [-0.1, -0.05) is 140 Å². The highest BCUT2D eigenvalue weighted by molar-refractivity contribution is 6.52. The summed E-state index contributed by atoms with van der Waals surface area (Å²) in [4.78, 5) is 10.3. The highest BCUT2D eigenvalue weighted by Crippen LogP contribution is 2.58. The number of benzene rings is 11. The molecule has 0 aliphatic heterocycles. The fourth-order valence-corrected chi connectivity index (χ4v) is 13.2. The Bertz CT molecular complexity index is 4680. The Balaban J connectivity index is 1.09. The van der Waals surface area contributed by atoms with E-state index in [4.69, 9.17) is 9.97 Å². The molecule has 0 aliphatic carbocycles. The molecule has 2 heteroatoms. The highest BCUT2D eigenvalue weighted by Gasteiger charge is 2.30. The molecule has 288 valence electrons. The minimum Gasteiger partial charge on any atom is -0.256 e. The van der Waals surface area contributed by atoms with E-state index in [1.54, 1.807) is 0 Å². The number of pyridine rings is 2. The van der Waals surface area contributed by atoms with Crippen molar-refractivity contribution in [1.29, 1.82) is 0 Å². The topological polar surface area (TPSA) is 25.8 Å². The van der Waals surface area contributed by atoms with Gasteiger partial charge in [-0.05, 0) is 160 Å². The van der Waals surface area contributed by atoms with E-state index in [2.05, 4.69) is 158 Å². The second-order valence-electron chi connectivity index (χ2n) is 18.2. The van der Waals surface area contributed by atoms with Crippen molar-refractivity contribution in [2.24, 2.45) is 0 Å². The van der Waals surface area contributed by atoms with Gasteiger partial charge >= 0.3 is 0 Å². The maximum atomic E-state index is 5.15. The second kappa shape index (κ2) is 10.9. The summed E-state index contributed by atoms with van der Waals surface area (Å²) in [5.41, 5.74) is 4.37. The van der Waals surface area contributed by atoms with Gasteiger partial charge in [-0.25, -0.2) is 0 Å². The first-order valence-corrected chi connectivity index (χ1v) is 22.3. The molecule has 0 unspecified atom stereocenters. The second-order valence-corrected chi connectivity index (χ2v) is 18.2. The molecule has 0 fully saturated rings.